The Morgan fingerprint density at radius 2 is 1.09 bits per heavy atom. The Morgan fingerprint density at radius 1 is 0.643 bits per heavy atom. The highest BCUT2D eigenvalue weighted by Crippen LogP contribution is 2.24. The molecule has 2 aromatic carbocycles. The van der Waals surface area contributed by atoms with Gasteiger partial charge in [0.25, 0.3) is 0 Å². The zero-order chi connectivity index (χ0) is 40.5. The minimum Gasteiger partial charge on any atom is -0.394 e. The first-order valence-corrected chi connectivity index (χ1v) is 23.1. The molecular weight excluding hydrogens is 848 g/mol. The van der Waals surface area contributed by atoms with Crippen LogP contribution in [0.3, 0.4) is 0 Å². The van der Waals surface area contributed by atoms with Crippen LogP contribution in [0.4, 0.5) is 11.4 Å². The number of anilines is 2. The van der Waals surface area contributed by atoms with E-state index in [-0.39, 0.29) is 11.8 Å². The molecule has 56 heavy (non-hydrogen) atoms. The smallest absolute Gasteiger partial charge is 0.222 e. The summed E-state index contributed by atoms with van der Waals surface area (Å²) in [6.45, 7) is 3.27. The minimum absolute atomic E-state index is 0.207. The van der Waals surface area contributed by atoms with E-state index in [1.807, 2.05) is 71.3 Å². The molecule has 0 aliphatic carbocycles. The fraction of sp³-hybridized carbons (Fsp3) is 0.400. The van der Waals surface area contributed by atoms with Crippen LogP contribution < -0.4 is 19.7 Å². The molecule has 2 amide bonds. The van der Waals surface area contributed by atoms with Crippen molar-refractivity contribution in [3.8, 4) is 0 Å². The molecule has 0 bridgehead atoms. The van der Waals surface area contributed by atoms with Gasteiger partial charge in [0, 0.05) is 109 Å². The molecule has 0 atom stereocenters. The Hall–Kier alpha value is -3.68. The van der Waals surface area contributed by atoms with E-state index in [9.17, 15) is 9.59 Å². The quantitative estimate of drug-likeness (QED) is 0.0300. The molecule has 302 valence electrons. The lowest BCUT2D eigenvalue weighted by Crippen LogP contribution is -2.30. The van der Waals surface area contributed by atoms with E-state index >= 15 is 0 Å². The molecule has 1 aromatic heterocycles. The van der Waals surface area contributed by atoms with Gasteiger partial charge < -0.3 is 24.9 Å². The maximum absolute atomic E-state index is 12.7. The number of hydrogen-bond donors (Lipinski definition) is 1. The third-order valence-electron chi connectivity index (χ3n) is 9.32. The fourth-order valence-corrected chi connectivity index (χ4v) is 8.25. The highest BCUT2D eigenvalue weighted by Gasteiger charge is 2.11. The number of carbonyl (C=O) groups is 2. The van der Waals surface area contributed by atoms with Gasteiger partial charge in [-0.05, 0) is 88.6 Å². The SMILES string of the molecule is CN\C=C/C(/C=C\c1ccc(N(C)CCCN(C)C(=O)CCCSSCCCC(=O)N(C)CCCN(C)c2ccc(/C=C/c3cc[n+](C)cc3)cc2)cc1)=C\I. The Balaban J connectivity index is 1.19. The van der Waals surface area contributed by atoms with E-state index < -0.39 is 0 Å². The Bertz CT molecular complexity index is 1710. The lowest BCUT2D eigenvalue weighted by atomic mass is 10.1. The number of allylic oxidation sites excluding steroid dienone is 3. The predicted molar refractivity (Wildman–Crippen MR) is 253 cm³/mol. The van der Waals surface area contributed by atoms with Gasteiger partial charge in [0.2, 0.25) is 11.8 Å². The minimum atomic E-state index is 0.207. The average Bonchev–Trinajstić information content (AvgIpc) is 3.21. The molecular formula is C45H62IN6O2S2+. The van der Waals surface area contributed by atoms with Crippen molar-refractivity contribution in [2.45, 2.75) is 38.5 Å². The van der Waals surface area contributed by atoms with Crippen molar-refractivity contribution in [3.63, 3.8) is 0 Å². The van der Waals surface area contributed by atoms with Gasteiger partial charge in [0.15, 0.2) is 12.4 Å². The summed E-state index contributed by atoms with van der Waals surface area (Å²) < 4.78 is 4.08. The number of nitrogens with zero attached hydrogens (tertiary/aromatic N) is 5. The van der Waals surface area contributed by atoms with Gasteiger partial charge in [-0.3, -0.25) is 9.59 Å². The Morgan fingerprint density at radius 3 is 1.54 bits per heavy atom. The number of amides is 2. The molecule has 1 heterocycles. The van der Waals surface area contributed by atoms with Crippen molar-refractivity contribution in [1.29, 1.82) is 0 Å². The summed E-state index contributed by atoms with van der Waals surface area (Å²) in [6.07, 6.45) is 21.2. The molecule has 0 unspecified atom stereocenters. The molecule has 0 spiro atoms. The van der Waals surface area contributed by atoms with Crippen LogP contribution in [0.2, 0.25) is 0 Å². The van der Waals surface area contributed by atoms with Gasteiger partial charge >= 0.3 is 0 Å². The van der Waals surface area contributed by atoms with Crippen LogP contribution in [0.15, 0.2) is 101 Å². The average molecular weight is 910 g/mol. The second-order valence-corrected chi connectivity index (χ2v) is 17.2. The predicted octanol–water partition coefficient (Wildman–Crippen LogP) is 8.96. The summed E-state index contributed by atoms with van der Waals surface area (Å²) in [7, 11) is 15.5. The monoisotopic (exact) mass is 909 g/mol. The standard InChI is InChI=1S/C45H62IN6O2S2/c1-47-28-25-41(37-46)16-15-39-19-23-43(24-20-39)50(4)30-10-32-52(6)45(54)12-8-36-56-55-35-7-11-44(53)51(5)31-9-29-49(3)42-21-17-38(18-22-42)13-14-40-26-33-48(2)34-27-40/h13-28,33-34,37,47H,7-12,29-32,35-36H2,1-6H3/q+1/b16-15-,28-25-,41-37-. The van der Waals surface area contributed by atoms with E-state index in [1.165, 1.54) is 22.5 Å². The summed E-state index contributed by atoms with van der Waals surface area (Å²) in [4.78, 5) is 33.6. The number of pyridine rings is 1. The van der Waals surface area contributed by atoms with E-state index in [4.69, 9.17) is 0 Å². The molecule has 0 aliphatic rings. The number of halogens is 1. The maximum Gasteiger partial charge on any atom is 0.222 e. The van der Waals surface area contributed by atoms with E-state index in [0.29, 0.717) is 12.8 Å². The summed E-state index contributed by atoms with van der Waals surface area (Å²) in [5.41, 5.74) is 6.98. The molecule has 1 N–H and O–H groups in total. The van der Waals surface area contributed by atoms with Crippen molar-refractivity contribution in [2.75, 3.05) is 82.7 Å². The summed E-state index contributed by atoms with van der Waals surface area (Å²) in [5, 5.41) is 3.02. The van der Waals surface area contributed by atoms with Crippen LogP contribution in [0, 0.1) is 0 Å². The van der Waals surface area contributed by atoms with Gasteiger partial charge in [-0.15, -0.1) is 0 Å². The van der Waals surface area contributed by atoms with Crippen molar-refractivity contribution < 1.29 is 14.2 Å². The number of carbonyl (C=O) groups excluding carboxylic acids is 2. The van der Waals surface area contributed by atoms with Crippen molar-refractivity contribution in [2.24, 2.45) is 7.05 Å². The van der Waals surface area contributed by atoms with Crippen LogP contribution in [0.5, 0.6) is 0 Å². The summed E-state index contributed by atoms with van der Waals surface area (Å²) in [5.74, 6) is 2.29. The first-order valence-electron chi connectivity index (χ1n) is 19.4. The van der Waals surface area contributed by atoms with Crippen LogP contribution in [-0.2, 0) is 16.6 Å². The lowest BCUT2D eigenvalue weighted by Gasteiger charge is -2.22. The summed E-state index contributed by atoms with van der Waals surface area (Å²) >= 11 is 2.25. The Kier molecular flexibility index (Phi) is 22.6. The fourth-order valence-electron chi connectivity index (χ4n) is 5.66. The number of rotatable bonds is 25. The molecule has 3 aromatic rings. The highest BCUT2D eigenvalue weighted by atomic mass is 127. The van der Waals surface area contributed by atoms with E-state index in [2.05, 4.69) is 137 Å². The zero-order valence-electron chi connectivity index (χ0n) is 34.2. The third kappa shape index (κ3) is 18.5. The van der Waals surface area contributed by atoms with Crippen LogP contribution in [0.1, 0.15) is 55.2 Å². The van der Waals surface area contributed by atoms with Gasteiger partial charge in [-0.1, -0.05) is 92.7 Å². The zero-order valence-corrected chi connectivity index (χ0v) is 38.0. The van der Waals surface area contributed by atoms with E-state index in [1.54, 1.807) is 21.6 Å². The Labute approximate surface area is 358 Å². The van der Waals surface area contributed by atoms with Crippen LogP contribution >= 0.6 is 44.2 Å². The second-order valence-electron chi connectivity index (χ2n) is 13.9. The van der Waals surface area contributed by atoms with E-state index in [0.717, 1.165) is 74.5 Å². The molecule has 0 fully saturated rings. The van der Waals surface area contributed by atoms with Crippen molar-refractivity contribution in [1.82, 2.24) is 15.1 Å². The van der Waals surface area contributed by atoms with Crippen molar-refractivity contribution >= 4 is 85.6 Å². The molecule has 11 heteroatoms. The van der Waals surface area contributed by atoms with Gasteiger partial charge in [-0.2, -0.15) is 0 Å². The topological polar surface area (TPSA) is 63.0 Å². The highest BCUT2D eigenvalue weighted by molar-refractivity contribution is 14.1. The van der Waals surface area contributed by atoms with Crippen molar-refractivity contribution in [3.05, 3.63) is 118 Å². The third-order valence-corrected chi connectivity index (χ3v) is 12.6. The normalized spacial score (nSPS) is 11.8. The molecule has 0 saturated carbocycles. The molecule has 0 saturated heterocycles. The lowest BCUT2D eigenvalue weighted by molar-refractivity contribution is -0.671. The molecule has 0 aliphatic heterocycles. The molecule has 0 radical (unpaired) electrons. The molecule has 3 rings (SSSR count). The first kappa shape index (κ1) is 46.7. The van der Waals surface area contributed by atoms with Gasteiger partial charge in [-0.25, -0.2) is 4.57 Å². The van der Waals surface area contributed by atoms with Gasteiger partial charge in [0.05, 0.1) is 0 Å². The number of benzene rings is 2. The van der Waals surface area contributed by atoms with Crippen LogP contribution in [0.25, 0.3) is 18.2 Å². The summed E-state index contributed by atoms with van der Waals surface area (Å²) in [6, 6.07) is 21.3. The van der Waals surface area contributed by atoms with Gasteiger partial charge in [0.1, 0.15) is 7.05 Å². The maximum atomic E-state index is 12.7. The second kappa shape index (κ2) is 27.0. The number of nitrogens with one attached hydrogen (secondary N) is 1. The first-order chi connectivity index (χ1) is 27.1. The van der Waals surface area contributed by atoms with Crippen LogP contribution in [-0.4, -0.2) is 94.5 Å². The molecule has 8 nitrogen and oxygen atoms in total. The number of aromatic nitrogens is 1. The number of hydrogen-bond acceptors (Lipinski definition) is 7. The largest absolute Gasteiger partial charge is 0.394 e. The number of aryl methyl sites for hydroxylation is 1.